The van der Waals surface area contributed by atoms with Crippen LogP contribution in [-0.4, -0.2) is 74.7 Å². The summed E-state index contributed by atoms with van der Waals surface area (Å²) in [7, 11) is -0.706. The van der Waals surface area contributed by atoms with Crippen molar-refractivity contribution in [2.24, 2.45) is 0 Å². The van der Waals surface area contributed by atoms with Crippen molar-refractivity contribution in [1.82, 2.24) is 15.2 Å². The number of benzene rings is 3. The number of carbonyl (C=O) groups excluding carboxylic acids is 2. The molecule has 320 valence electrons. The standard InChI is InChI=1S/C44H53Cl2N5O7SSi/c1-44(2,3)60(5,6)58-38(31-10-12-36(52)41-32(31)11-13-39(53)50-41)26-47-25-28-23-33(46)35(24-37(28)56-4)48-40(54)16-20-51-18-14-30(15-19-51)57-43(55)49-34-17-21-59-42(34)27-8-7-9-29(45)22-27/h7-13,17,21-24,30,38,47,52H,14-16,18-20,25-26H2,1-6H3,(H,48,54)(H,49,55)(H,50,53)/t38-/m1/s1. The first-order chi connectivity index (χ1) is 28.5. The van der Waals surface area contributed by atoms with E-state index in [-0.39, 0.29) is 34.8 Å². The van der Waals surface area contributed by atoms with Crippen LogP contribution in [0.15, 0.2) is 76.9 Å². The maximum absolute atomic E-state index is 13.1. The fourth-order valence-electron chi connectivity index (χ4n) is 6.92. The van der Waals surface area contributed by atoms with Crippen LogP contribution in [0.4, 0.5) is 16.2 Å². The summed E-state index contributed by atoms with van der Waals surface area (Å²) >= 11 is 14.4. The number of piperidine rings is 1. The maximum atomic E-state index is 13.1. The molecule has 0 bridgehead atoms. The molecule has 1 atom stereocenters. The summed E-state index contributed by atoms with van der Waals surface area (Å²) in [6, 6.07) is 19.4. The van der Waals surface area contributed by atoms with Crippen molar-refractivity contribution in [1.29, 1.82) is 0 Å². The normalized spacial score (nSPS) is 14.5. The average Bonchev–Trinajstić information content (AvgIpc) is 3.66. The number of amides is 2. The lowest BCUT2D eigenvalue weighted by molar-refractivity contribution is -0.116. The molecule has 5 N–H and O–H groups in total. The highest BCUT2D eigenvalue weighted by Crippen LogP contribution is 2.41. The van der Waals surface area contributed by atoms with Crippen molar-refractivity contribution in [2.45, 2.75) is 76.9 Å². The summed E-state index contributed by atoms with van der Waals surface area (Å²) in [5, 5.41) is 23.4. The van der Waals surface area contributed by atoms with E-state index >= 15 is 0 Å². The van der Waals surface area contributed by atoms with Crippen LogP contribution in [0.2, 0.25) is 28.2 Å². The third-order valence-corrected chi connectivity index (χ3v) is 17.2. The molecule has 0 saturated carbocycles. The second-order valence-corrected chi connectivity index (χ2v) is 23.0. The lowest BCUT2D eigenvalue weighted by atomic mass is 10.0. The first-order valence-corrected chi connectivity index (χ1v) is 24.5. The van der Waals surface area contributed by atoms with Gasteiger partial charge in [0.1, 0.15) is 17.6 Å². The molecule has 2 aromatic heterocycles. The largest absolute Gasteiger partial charge is 0.506 e. The van der Waals surface area contributed by atoms with E-state index in [4.69, 9.17) is 37.1 Å². The topological polar surface area (TPSA) is 154 Å². The summed E-state index contributed by atoms with van der Waals surface area (Å²) in [5.74, 6) is 0.370. The van der Waals surface area contributed by atoms with Gasteiger partial charge in [0.2, 0.25) is 11.5 Å². The second-order valence-electron chi connectivity index (χ2n) is 16.5. The molecule has 2 amide bonds. The number of methoxy groups -OCH3 is 1. The molecule has 1 saturated heterocycles. The van der Waals surface area contributed by atoms with Crippen LogP contribution in [0.25, 0.3) is 21.3 Å². The van der Waals surface area contributed by atoms with Gasteiger partial charge in [-0.2, -0.15) is 0 Å². The molecule has 1 fully saturated rings. The molecule has 1 aliphatic heterocycles. The Balaban J connectivity index is 1.00. The van der Waals surface area contributed by atoms with Crippen molar-refractivity contribution in [2.75, 3.05) is 43.9 Å². The Hall–Kier alpha value is -4.41. The van der Waals surface area contributed by atoms with Crippen molar-refractivity contribution in [3.8, 4) is 21.9 Å². The van der Waals surface area contributed by atoms with Crippen LogP contribution in [0, 0.1) is 0 Å². The number of carbonyl (C=O) groups is 2. The molecular weight excluding hydrogens is 842 g/mol. The Morgan fingerprint density at radius 3 is 2.50 bits per heavy atom. The van der Waals surface area contributed by atoms with Gasteiger partial charge >= 0.3 is 6.09 Å². The number of anilines is 2. The molecular formula is C44H53Cl2N5O7SSi. The molecule has 0 aliphatic carbocycles. The molecule has 3 heterocycles. The summed E-state index contributed by atoms with van der Waals surface area (Å²) < 4.78 is 18.4. The number of ether oxygens (including phenoxy) is 2. The lowest BCUT2D eigenvalue weighted by Crippen LogP contribution is -2.43. The quantitative estimate of drug-likeness (QED) is 0.0646. The van der Waals surface area contributed by atoms with Crippen molar-refractivity contribution in [3.63, 3.8) is 0 Å². The van der Waals surface area contributed by atoms with Crippen LogP contribution in [0.3, 0.4) is 0 Å². The minimum absolute atomic E-state index is 0.00878. The van der Waals surface area contributed by atoms with Gasteiger partial charge in [0, 0.05) is 67.2 Å². The van der Waals surface area contributed by atoms with Gasteiger partial charge in [-0.05, 0) is 83.9 Å². The molecule has 0 unspecified atom stereocenters. The molecule has 0 radical (unpaired) electrons. The molecule has 3 aromatic carbocycles. The van der Waals surface area contributed by atoms with Gasteiger partial charge in [-0.1, -0.05) is 62.2 Å². The van der Waals surface area contributed by atoms with Gasteiger partial charge in [-0.25, -0.2) is 4.79 Å². The van der Waals surface area contributed by atoms with Gasteiger partial charge in [0.05, 0.1) is 40.0 Å². The zero-order valence-electron chi connectivity index (χ0n) is 34.7. The number of nitrogens with one attached hydrogen (secondary N) is 4. The number of phenols is 1. The Bertz CT molecular complexity index is 2380. The van der Waals surface area contributed by atoms with E-state index in [1.807, 2.05) is 41.8 Å². The molecule has 6 rings (SSSR count). The number of hydrogen-bond donors (Lipinski definition) is 5. The predicted molar refractivity (Wildman–Crippen MR) is 245 cm³/mol. The van der Waals surface area contributed by atoms with Gasteiger partial charge in [-0.15, -0.1) is 11.3 Å². The molecule has 12 nitrogen and oxygen atoms in total. The number of aromatic amines is 1. The van der Waals surface area contributed by atoms with E-state index in [1.54, 1.807) is 31.4 Å². The molecule has 1 aliphatic rings. The molecule has 5 aromatic rings. The minimum atomic E-state index is -2.28. The SMILES string of the molecule is COc1cc(NC(=O)CCN2CCC(OC(=O)Nc3ccsc3-c3cccc(Cl)c3)CC2)c(Cl)cc1CNC[C@@H](O[Si](C)(C)C(C)(C)C)c1ccc(O)c2[nH]c(=O)ccc12. The second kappa shape index (κ2) is 19.5. The van der Waals surface area contributed by atoms with E-state index in [9.17, 15) is 19.5 Å². The van der Waals surface area contributed by atoms with Crippen LogP contribution >= 0.6 is 34.5 Å². The number of likely N-dealkylation sites (tertiary alicyclic amines) is 1. The molecule has 16 heteroatoms. The molecule has 0 spiro atoms. The third-order valence-electron chi connectivity index (χ3n) is 11.2. The van der Waals surface area contributed by atoms with E-state index in [1.165, 1.54) is 17.4 Å². The minimum Gasteiger partial charge on any atom is -0.506 e. The van der Waals surface area contributed by atoms with Crippen molar-refractivity contribution >= 4 is 77.1 Å². The first-order valence-electron chi connectivity index (χ1n) is 19.9. The van der Waals surface area contributed by atoms with Gasteiger partial charge in [0.25, 0.3) is 0 Å². The first kappa shape index (κ1) is 45.1. The zero-order valence-corrected chi connectivity index (χ0v) is 38.1. The van der Waals surface area contributed by atoms with Crippen LogP contribution < -0.4 is 26.2 Å². The number of hydrogen-bond acceptors (Lipinski definition) is 10. The summed E-state index contributed by atoms with van der Waals surface area (Å²) in [6.45, 7) is 13.6. The maximum Gasteiger partial charge on any atom is 0.411 e. The fraction of sp³-hybridized carbons (Fsp3) is 0.386. The zero-order chi connectivity index (χ0) is 43.2. The Morgan fingerprint density at radius 1 is 1.02 bits per heavy atom. The summed E-state index contributed by atoms with van der Waals surface area (Å²) in [6.07, 6.45) is 0.461. The smallest absolute Gasteiger partial charge is 0.411 e. The average molecular weight is 895 g/mol. The Morgan fingerprint density at radius 2 is 1.78 bits per heavy atom. The number of nitrogens with zero attached hydrogens (tertiary/aromatic N) is 1. The van der Waals surface area contributed by atoms with E-state index in [0.29, 0.717) is 83.6 Å². The fourth-order valence-corrected chi connectivity index (χ4v) is 9.47. The lowest BCUT2D eigenvalue weighted by Gasteiger charge is -2.39. The number of rotatable bonds is 15. The summed E-state index contributed by atoms with van der Waals surface area (Å²) in [5.41, 5.74) is 3.76. The highest BCUT2D eigenvalue weighted by Gasteiger charge is 2.40. The number of phenolic OH excluding ortho intramolecular Hbond substituents is 1. The van der Waals surface area contributed by atoms with E-state index < -0.39 is 20.5 Å². The predicted octanol–water partition coefficient (Wildman–Crippen LogP) is 10.2. The number of pyridine rings is 1. The van der Waals surface area contributed by atoms with Crippen LogP contribution in [0.1, 0.15) is 57.3 Å². The van der Waals surface area contributed by atoms with Gasteiger partial charge < -0.3 is 39.5 Å². The number of H-pyrrole nitrogens is 1. The monoisotopic (exact) mass is 893 g/mol. The highest BCUT2D eigenvalue weighted by atomic mass is 35.5. The third kappa shape index (κ3) is 11.3. The van der Waals surface area contributed by atoms with Crippen LogP contribution in [-0.2, 0) is 20.5 Å². The highest BCUT2D eigenvalue weighted by molar-refractivity contribution is 7.14. The Kier molecular flexibility index (Phi) is 14.7. The number of aromatic hydroxyl groups is 1. The Labute approximate surface area is 365 Å². The molecule has 60 heavy (non-hydrogen) atoms. The van der Waals surface area contributed by atoms with Gasteiger partial charge in [0.15, 0.2) is 8.32 Å². The van der Waals surface area contributed by atoms with Gasteiger partial charge in [-0.3, -0.25) is 14.9 Å². The van der Waals surface area contributed by atoms with E-state index in [2.05, 4.69) is 59.7 Å². The number of thiophene rings is 1. The summed E-state index contributed by atoms with van der Waals surface area (Å²) in [4.78, 5) is 43.9. The number of halogens is 2. The van der Waals surface area contributed by atoms with E-state index in [0.717, 1.165) is 21.6 Å². The number of fused-ring (bicyclic) bond motifs is 1. The van der Waals surface area contributed by atoms with Crippen LogP contribution in [0.5, 0.6) is 11.5 Å². The van der Waals surface area contributed by atoms with Crippen molar-refractivity contribution < 1.29 is 28.6 Å². The number of aromatic nitrogens is 1. The van der Waals surface area contributed by atoms with Crippen molar-refractivity contribution in [3.05, 3.63) is 104 Å².